The summed E-state index contributed by atoms with van der Waals surface area (Å²) in [5, 5.41) is 9.32. The van der Waals surface area contributed by atoms with Crippen molar-refractivity contribution in [3.05, 3.63) is 53.2 Å². The molecule has 7 nitrogen and oxygen atoms in total. The van der Waals surface area contributed by atoms with Crippen LogP contribution in [0.15, 0.2) is 40.5 Å². The van der Waals surface area contributed by atoms with E-state index in [0.29, 0.717) is 16.3 Å². The van der Waals surface area contributed by atoms with Crippen LogP contribution in [-0.2, 0) is 0 Å². The molecule has 0 unspecified atom stereocenters. The van der Waals surface area contributed by atoms with Gasteiger partial charge in [-0.15, -0.1) is 11.3 Å². The number of furan rings is 1. The Kier molecular flexibility index (Phi) is 3.39. The van der Waals surface area contributed by atoms with Crippen molar-refractivity contribution < 1.29 is 9.21 Å². The van der Waals surface area contributed by atoms with Crippen molar-refractivity contribution in [1.82, 2.24) is 19.6 Å². The largest absolute Gasteiger partial charge is 0.466 e. The topological polar surface area (TPSA) is 85.3 Å². The molecule has 0 aliphatic heterocycles. The van der Waals surface area contributed by atoms with Gasteiger partial charge in [0.05, 0.1) is 11.9 Å². The maximum atomic E-state index is 12.4. The molecule has 120 valence electrons. The van der Waals surface area contributed by atoms with Gasteiger partial charge in [0.15, 0.2) is 10.8 Å². The van der Waals surface area contributed by atoms with Gasteiger partial charge >= 0.3 is 0 Å². The minimum Gasteiger partial charge on any atom is -0.466 e. The Morgan fingerprint density at radius 3 is 3.04 bits per heavy atom. The van der Waals surface area contributed by atoms with E-state index in [-0.39, 0.29) is 5.91 Å². The van der Waals surface area contributed by atoms with Crippen LogP contribution in [0, 0.1) is 13.8 Å². The van der Waals surface area contributed by atoms with Gasteiger partial charge in [-0.2, -0.15) is 5.10 Å². The Morgan fingerprint density at radius 2 is 2.25 bits per heavy atom. The van der Waals surface area contributed by atoms with Crippen LogP contribution in [0.3, 0.4) is 0 Å². The molecule has 4 aromatic rings. The fraction of sp³-hybridized carbons (Fsp3) is 0.125. The summed E-state index contributed by atoms with van der Waals surface area (Å²) in [6, 6.07) is 3.69. The number of anilines is 1. The molecule has 0 aliphatic rings. The summed E-state index contributed by atoms with van der Waals surface area (Å²) in [6.07, 6.45) is 4.86. The molecule has 4 aromatic heterocycles. The number of carbonyl (C=O) groups excluding carboxylic acids is 1. The number of fused-ring (bicyclic) bond motifs is 1. The van der Waals surface area contributed by atoms with E-state index >= 15 is 0 Å². The highest BCUT2D eigenvalue weighted by Crippen LogP contribution is 2.29. The Bertz CT molecular complexity index is 1050. The minimum atomic E-state index is -0.287. The molecule has 1 amide bonds. The summed E-state index contributed by atoms with van der Waals surface area (Å²) >= 11 is 1.36. The van der Waals surface area contributed by atoms with Crippen LogP contribution in [0.1, 0.15) is 21.9 Å². The predicted octanol–water partition coefficient (Wildman–Crippen LogP) is 3.31. The number of nitrogens with one attached hydrogen (secondary N) is 1. The van der Waals surface area contributed by atoms with Crippen molar-refractivity contribution in [2.45, 2.75) is 13.8 Å². The van der Waals surface area contributed by atoms with Crippen molar-refractivity contribution >= 4 is 28.0 Å². The Balaban J connectivity index is 1.60. The molecular weight excluding hydrogens is 326 g/mol. The lowest BCUT2D eigenvalue weighted by Gasteiger charge is -1.99. The molecule has 0 saturated heterocycles. The van der Waals surface area contributed by atoms with E-state index in [0.717, 1.165) is 22.8 Å². The summed E-state index contributed by atoms with van der Waals surface area (Å²) in [4.78, 5) is 21.1. The Hall–Kier alpha value is -3.00. The van der Waals surface area contributed by atoms with Gasteiger partial charge in [-0.1, -0.05) is 0 Å². The normalized spacial score (nSPS) is 11.1. The van der Waals surface area contributed by atoms with E-state index in [4.69, 9.17) is 4.42 Å². The number of amides is 1. The molecule has 8 heteroatoms. The van der Waals surface area contributed by atoms with Gasteiger partial charge in [0.1, 0.15) is 17.1 Å². The Morgan fingerprint density at radius 1 is 1.38 bits per heavy atom. The van der Waals surface area contributed by atoms with E-state index in [2.05, 4.69) is 20.4 Å². The highest BCUT2D eigenvalue weighted by Gasteiger charge is 2.16. The lowest BCUT2D eigenvalue weighted by atomic mass is 10.2. The second kappa shape index (κ2) is 5.57. The van der Waals surface area contributed by atoms with Crippen LogP contribution >= 0.6 is 11.3 Å². The van der Waals surface area contributed by atoms with Crippen LogP contribution in [0.4, 0.5) is 5.13 Å². The fourth-order valence-electron chi connectivity index (χ4n) is 2.49. The number of aromatic nitrogens is 4. The average Bonchev–Trinajstić information content (AvgIpc) is 3.25. The third kappa shape index (κ3) is 2.46. The zero-order chi connectivity index (χ0) is 16.7. The molecule has 0 bridgehead atoms. The molecule has 0 fully saturated rings. The van der Waals surface area contributed by atoms with Gasteiger partial charge in [-0.25, -0.2) is 14.5 Å². The molecule has 24 heavy (non-hydrogen) atoms. The second-order valence-corrected chi connectivity index (χ2v) is 6.12. The molecule has 0 saturated carbocycles. The molecule has 4 heterocycles. The second-order valence-electron chi connectivity index (χ2n) is 5.27. The first-order valence-electron chi connectivity index (χ1n) is 7.24. The third-order valence-electron chi connectivity index (χ3n) is 3.57. The average molecular weight is 339 g/mol. The van der Waals surface area contributed by atoms with Crippen molar-refractivity contribution in [2.24, 2.45) is 0 Å². The summed E-state index contributed by atoms with van der Waals surface area (Å²) in [5.74, 6) is 1.35. The summed E-state index contributed by atoms with van der Waals surface area (Å²) in [7, 11) is 0. The minimum absolute atomic E-state index is 0.287. The lowest BCUT2D eigenvalue weighted by Crippen LogP contribution is -2.11. The van der Waals surface area contributed by atoms with Crippen LogP contribution in [0.5, 0.6) is 0 Å². The quantitative estimate of drug-likeness (QED) is 0.619. The number of rotatable bonds is 3. The zero-order valence-corrected chi connectivity index (χ0v) is 13.8. The maximum absolute atomic E-state index is 12.4. The summed E-state index contributed by atoms with van der Waals surface area (Å²) < 4.78 is 7.08. The fourth-order valence-corrected chi connectivity index (χ4v) is 3.20. The molecule has 0 radical (unpaired) electrons. The standard InChI is InChI=1S/C16H13N5O2S/c1-9-6-11(10(2)23-9)13-8-24-16(19-13)20-15(22)12-7-18-21-5-3-4-17-14(12)21/h3-8H,1-2H3,(H,19,20,22). The predicted molar refractivity (Wildman–Crippen MR) is 90.2 cm³/mol. The first-order chi connectivity index (χ1) is 11.6. The van der Waals surface area contributed by atoms with Gasteiger partial charge in [0.25, 0.3) is 5.91 Å². The molecule has 1 N–H and O–H groups in total. The van der Waals surface area contributed by atoms with Gasteiger partial charge < -0.3 is 4.42 Å². The van der Waals surface area contributed by atoms with Crippen LogP contribution < -0.4 is 5.32 Å². The number of thiazole rings is 1. The van der Waals surface area contributed by atoms with Gasteiger partial charge in [-0.05, 0) is 26.0 Å². The molecule has 0 spiro atoms. The van der Waals surface area contributed by atoms with E-state index in [1.54, 1.807) is 23.0 Å². The van der Waals surface area contributed by atoms with Crippen LogP contribution in [0.2, 0.25) is 0 Å². The molecule has 0 aromatic carbocycles. The first kappa shape index (κ1) is 14.6. The number of aryl methyl sites for hydroxylation is 2. The van der Waals surface area contributed by atoms with Crippen molar-refractivity contribution in [3.8, 4) is 11.3 Å². The van der Waals surface area contributed by atoms with Crippen molar-refractivity contribution in [2.75, 3.05) is 5.32 Å². The summed E-state index contributed by atoms with van der Waals surface area (Å²) in [5.41, 5.74) is 2.63. The smallest absolute Gasteiger partial charge is 0.262 e. The molecule has 0 atom stereocenters. The highest BCUT2D eigenvalue weighted by molar-refractivity contribution is 7.14. The summed E-state index contributed by atoms with van der Waals surface area (Å²) in [6.45, 7) is 3.79. The number of carbonyl (C=O) groups is 1. The van der Waals surface area contributed by atoms with E-state index in [1.807, 2.05) is 25.3 Å². The molecule has 0 aliphatic carbocycles. The number of hydrogen-bond donors (Lipinski definition) is 1. The van der Waals surface area contributed by atoms with Crippen molar-refractivity contribution in [3.63, 3.8) is 0 Å². The first-order valence-corrected chi connectivity index (χ1v) is 8.12. The van der Waals surface area contributed by atoms with E-state index < -0.39 is 0 Å². The highest BCUT2D eigenvalue weighted by atomic mass is 32.1. The molecule has 4 rings (SSSR count). The van der Waals surface area contributed by atoms with E-state index in [1.165, 1.54) is 17.5 Å². The maximum Gasteiger partial charge on any atom is 0.262 e. The zero-order valence-electron chi connectivity index (χ0n) is 13.0. The monoisotopic (exact) mass is 339 g/mol. The number of nitrogens with zero attached hydrogens (tertiary/aromatic N) is 4. The number of hydrogen-bond acceptors (Lipinski definition) is 6. The third-order valence-corrected chi connectivity index (χ3v) is 4.32. The molecular formula is C16H13N5O2S. The Labute approximate surface area is 141 Å². The van der Waals surface area contributed by atoms with Crippen LogP contribution in [0.25, 0.3) is 16.9 Å². The van der Waals surface area contributed by atoms with Crippen molar-refractivity contribution in [1.29, 1.82) is 0 Å². The van der Waals surface area contributed by atoms with E-state index in [9.17, 15) is 4.79 Å². The van der Waals surface area contributed by atoms with Crippen LogP contribution in [-0.4, -0.2) is 25.5 Å². The SMILES string of the molecule is Cc1cc(-c2csc(NC(=O)c3cnn4cccnc34)n2)c(C)o1. The van der Waals surface area contributed by atoms with Gasteiger partial charge in [0, 0.05) is 23.3 Å². The van der Waals surface area contributed by atoms with Gasteiger partial charge in [0.2, 0.25) is 0 Å². The lowest BCUT2D eigenvalue weighted by molar-refractivity contribution is 0.102. The van der Waals surface area contributed by atoms with Gasteiger partial charge in [-0.3, -0.25) is 10.1 Å².